The van der Waals surface area contributed by atoms with Crippen LogP contribution in [-0.4, -0.2) is 26.5 Å². The molecule has 0 aliphatic carbocycles. The Labute approximate surface area is 223 Å². The summed E-state index contributed by atoms with van der Waals surface area (Å²) in [4.78, 5) is 26.0. The van der Waals surface area contributed by atoms with Gasteiger partial charge in [0.25, 0.3) is 11.8 Å². The summed E-state index contributed by atoms with van der Waals surface area (Å²) in [5.41, 5.74) is 3.30. The number of nitrogens with one attached hydrogen (secondary N) is 2. The van der Waals surface area contributed by atoms with Crippen LogP contribution in [0, 0.1) is 0 Å². The number of anilines is 2. The van der Waals surface area contributed by atoms with Gasteiger partial charge in [-0.15, -0.1) is 0 Å². The number of para-hydroxylation sites is 1. The molecule has 0 radical (unpaired) electrons. The fraction of sp³-hybridized carbons (Fsp3) is 0.133. The number of carbonyl (C=O) groups excluding carboxylic acids is 2. The Bertz CT molecular complexity index is 1510. The number of sulfonamides is 1. The SMILES string of the molecule is CC(NC(=O)c1ccccc1NC(=O)c1ccc(N(Cc2ccccc2)S(C)(=O)=O)cc1)c1ccccc1. The zero-order valence-electron chi connectivity index (χ0n) is 21.2. The highest BCUT2D eigenvalue weighted by Gasteiger charge is 2.20. The molecule has 4 aromatic carbocycles. The maximum atomic E-state index is 13.0. The van der Waals surface area contributed by atoms with Crippen molar-refractivity contribution in [1.29, 1.82) is 0 Å². The van der Waals surface area contributed by atoms with Crippen LogP contribution >= 0.6 is 0 Å². The quantitative estimate of drug-likeness (QED) is 0.305. The molecule has 0 aliphatic heterocycles. The summed E-state index contributed by atoms with van der Waals surface area (Å²) in [5.74, 6) is -0.723. The van der Waals surface area contributed by atoms with E-state index in [2.05, 4.69) is 10.6 Å². The van der Waals surface area contributed by atoms with Crippen LogP contribution < -0.4 is 14.9 Å². The summed E-state index contributed by atoms with van der Waals surface area (Å²) in [6.07, 6.45) is 1.15. The number of nitrogens with zero attached hydrogens (tertiary/aromatic N) is 1. The van der Waals surface area contributed by atoms with Crippen LogP contribution in [0.1, 0.15) is 44.8 Å². The van der Waals surface area contributed by atoms with Crippen molar-refractivity contribution in [3.05, 3.63) is 131 Å². The fourth-order valence-electron chi connectivity index (χ4n) is 4.01. The highest BCUT2D eigenvalue weighted by Crippen LogP contribution is 2.23. The molecule has 0 spiro atoms. The van der Waals surface area contributed by atoms with Crippen LogP contribution in [0.2, 0.25) is 0 Å². The zero-order valence-corrected chi connectivity index (χ0v) is 22.0. The van der Waals surface area contributed by atoms with Crippen LogP contribution in [0.3, 0.4) is 0 Å². The van der Waals surface area contributed by atoms with Crippen LogP contribution in [-0.2, 0) is 16.6 Å². The number of hydrogen-bond donors (Lipinski definition) is 2. The number of rotatable bonds is 9. The van der Waals surface area contributed by atoms with E-state index in [0.717, 1.165) is 17.4 Å². The molecule has 0 heterocycles. The van der Waals surface area contributed by atoms with Gasteiger partial charge < -0.3 is 10.6 Å². The Hall–Kier alpha value is -4.43. The van der Waals surface area contributed by atoms with Crippen molar-refractivity contribution in [2.75, 3.05) is 15.9 Å². The van der Waals surface area contributed by atoms with Crippen LogP contribution in [0.5, 0.6) is 0 Å². The second-order valence-corrected chi connectivity index (χ2v) is 10.8. The van der Waals surface area contributed by atoms with Crippen molar-refractivity contribution in [2.24, 2.45) is 0 Å². The molecule has 0 saturated heterocycles. The summed E-state index contributed by atoms with van der Waals surface area (Å²) in [5, 5.41) is 5.78. The zero-order chi connectivity index (χ0) is 27.1. The summed E-state index contributed by atoms with van der Waals surface area (Å²) >= 11 is 0. The minimum absolute atomic E-state index is 0.176. The lowest BCUT2D eigenvalue weighted by atomic mass is 10.1. The Morgan fingerprint density at radius 2 is 1.34 bits per heavy atom. The van der Waals surface area contributed by atoms with E-state index in [1.165, 1.54) is 4.31 Å². The Morgan fingerprint density at radius 1 is 0.763 bits per heavy atom. The molecule has 1 unspecified atom stereocenters. The van der Waals surface area contributed by atoms with Crippen LogP contribution in [0.4, 0.5) is 11.4 Å². The number of benzene rings is 4. The van der Waals surface area contributed by atoms with Gasteiger partial charge in [-0.1, -0.05) is 72.8 Å². The molecule has 0 saturated carbocycles. The van der Waals surface area contributed by atoms with Gasteiger partial charge in [-0.3, -0.25) is 13.9 Å². The fourth-order valence-corrected chi connectivity index (χ4v) is 4.90. The van der Waals surface area contributed by atoms with Gasteiger partial charge in [0.1, 0.15) is 0 Å². The standard InChI is InChI=1S/C30H29N3O4S/c1-22(24-13-7-4-8-14-24)31-30(35)27-15-9-10-16-28(27)32-29(34)25-17-19-26(20-18-25)33(38(2,36)37)21-23-11-5-3-6-12-23/h3-20,22H,21H2,1-2H3,(H,31,35)(H,32,34). The van der Waals surface area contributed by atoms with Crippen molar-refractivity contribution in [3.8, 4) is 0 Å². The first-order valence-electron chi connectivity index (χ1n) is 12.1. The van der Waals surface area contributed by atoms with Gasteiger partial charge in [0.05, 0.1) is 35.8 Å². The molecule has 194 valence electrons. The van der Waals surface area contributed by atoms with E-state index in [1.54, 1.807) is 48.5 Å². The maximum Gasteiger partial charge on any atom is 0.255 e. The average Bonchev–Trinajstić information content (AvgIpc) is 2.92. The van der Waals surface area contributed by atoms with Crippen molar-refractivity contribution in [1.82, 2.24) is 5.32 Å². The third kappa shape index (κ3) is 6.66. The lowest BCUT2D eigenvalue weighted by Gasteiger charge is -2.22. The van der Waals surface area contributed by atoms with E-state index < -0.39 is 15.9 Å². The Morgan fingerprint density at radius 3 is 1.97 bits per heavy atom. The van der Waals surface area contributed by atoms with E-state index in [0.29, 0.717) is 22.5 Å². The molecule has 7 nitrogen and oxygen atoms in total. The highest BCUT2D eigenvalue weighted by atomic mass is 32.2. The van der Waals surface area contributed by atoms with Gasteiger partial charge in [-0.05, 0) is 54.4 Å². The van der Waals surface area contributed by atoms with E-state index in [-0.39, 0.29) is 18.5 Å². The van der Waals surface area contributed by atoms with Gasteiger partial charge in [-0.25, -0.2) is 8.42 Å². The molecule has 0 aliphatic rings. The molecule has 4 rings (SSSR count). The van der Waals surface area contributed by atoms with E-state index >= 15 is 0 Å². The monoisotopic (exact) mass is 527 g/mol. The number of hydrogen-bond acceptors (Lipinski definition) is 4. The lowest BCUT2D eigenvalue weighted by Crippen LogP contribution is -2.29. The molecule has 1 atom stereocenters. The van der Waals surface area contributed by atoms with Gasteiger partial charge in [0, 0.05) is 5.56 Å². The Balaban J connectivity index is 1.49. The lowest BCUT2D eigenvalue weighted by molar-refractivity contribution is 0.0940. The molecule has 4 aromatic rings. The molecule has 8 heteroatoms. The second-order valence-electron chi connectivity index (χ2n) is 8.91. The first-order valence-corrected chi connectivity index (χ1v) is 13.9. The maximum absolute atomic E-state index is 13.0. The summed E-state index contributed by atoms with van der Waals surface area (Å²) in [6.45, 7) is 2.07. The molecule has 0 bridgehead atoms. The second kappa shape index (κ2) is 11.7. The summed E-state index contributed by atoms with van der Waals surface area (Å²) in [6, 6.07) is 31.8. The molecule has 2 N–H and O–H groups in total. The van der Waals surface area contributed by atoms with Gasteiger partial charge in [0.2, 0.25) is 10.0 Å². The normalized spacial score (nSPS) is 11.8. The molecular formula is C30H29N3O4S. The van der Waals surface area contributed by atoms with Crippen molar-refractivity contribution in [3.63, 3.8) is 0 Å². The Kier molecular flexibility index (Phi) is 8.23. The molecule has 38 heavy (non-hydrogen) atoms. The van der Waals surface area contributed by atoms with Gasteiger partial charge >= 0.3 is 0 Å². The molecule has 2 amide bonds. The van der Waals surface area contributed by atoms with E-state index in [1.807, 2.05) is 67.6 Å². The van der Waals surface area contributed by atoms with E-state index in [4.69, 9.17) is 0 Å². The third-order valence-corrected chi connectivity index (χ3v) is 7.19. The summed E-state index contributed by atoms with van der Waals surface area (Å²) < 4.78 is 26.2. The smallest absolute Gasteiger partial charge is 0.255 e. The van der Waals surface area contributed by atoms with Gasteiger partial charge in [0.15, 0.2) is 0 Å². The topological polar surface area (TPSA) is 95.6 Å². The third-order valence-electron chi connectivity index (χ3n) is 6.05. The van der Waals surface area contributed by atoms with Crippen LogP contribution in [0.15, 0.2) is 109 Å². The molecular weight excluding hydrogens is 498 g/mol. The molecule has 0 aromatic heterocycles. The van der Waals surface area contributed by atoms with E-state index in [9.17, 15) is 18.0 Å². The predicted octanol–water partition coefficient (Wildman–Crippen LogP) is 5.40. The number of amides is 2. The van der Waals surface area contributed by atoms with Crippen molar-refractivity contribution >= 4 is 33.2 Å². The average molecular weight is 528 g/mol. The largest absolute Gasteiger partial charge is 0.345 e. The van der Waals surface area contributed by atoms with Crippen molar-refractivity contribution in [2.45, 2.75) is 19.5 Å². The first kappa shape index (κ1) is 26.6. The van der Waals surface area contributed by atoms with Crippen molar-refractivity contribution < 1.29 is 18.0 Å². The number of carbonyl (C=O) groups is 2. The predicted molar refractivity (Wildman–Crippen MR) is 151 cm³/mol. The summed E-state index contributed by atoms with van der Waals surface area (Å²) in [7, 11) is -3.55. The highest BCUT2D eigenvalue weighted by molar-refractivity contribution is 7.92. The van der Waals surface area contributed by atoms with Crippen LogP contribution in [0.25, 0.3) is 0 Å². The first-order chi connectivity index (χ1) is 18.2. The minimum atomic E-state index is -3.55. The minimum Gasteiger partial charge on any atom is -0.345 e. The molecule has 0 fully saturated rings. The van der Waals surface area contributed by atoms with Gasteiger partial charge in [-0.2, -0.15) is 0 Å².